The summed E-state index contributed by atoms with van der Waals surface area (Å²) in [5.41, 5.74) is 0. The smallest absolute Gasteiger partial charge is 0.165 e. The van der Waals surface area contributed by atoms with Crippen LogP contribution in [0.2, 0.25) is 0 Å². The Morgan fingerprint density at radius 2 is 2.50 bits per heavy atom. The Labute approximate surface area is 47.7 Å². The van der Waals surface area contributed by atoms with Gasteiger partial charge < -0.3 is 0 Å². The van der Waals surface area contributed by atoms with Crippen LogP contribution in [0.1, 0.15) is 13.3 Å². The maximum atomic E-state index is 6.95. The van der Waals surface area contributed by atoms with Crippen molar-refractivity contribution in [1.82, 2.24) is 0 Å². The minimum absolute atomic E-state index is 0.266. The van der Waals surface area contributed by atoms with Crippen molar-refractivity contribution < 1.29 is 0 Å². The summed E-state index contributed by atoms with van der Waals surface area (Å²) in [5.74, 6) is 1.02. The molecular weight excluding hydrogens is 102 g/mol. The molecule has 0 saturated carbocycles. The van der Waals surface area contributed by atoms with E-state index in [2.05, 4.69) is 9.98 Å². The Morgan fingerprint density at radius 1 is 1.75 bits per heavy atom. The van der Waals surface area contributed by atoms with Crippen LogP contribution in [0.15, 0.2) is 9.98 Å². The standard InChI is InChI=1S/C5H7N3/c1-2-5-7-3-4(6)8-5/h3,6H,2H2,1H3. The number of amidine groups is 2. The number of nitrogens with zero attached hydrogens (tertiary/aromatic N) is 2. The van der Waals surface area contributed by atoms with Crippen molar-refractivity contribution in [3.63, 3.8) is 0 Å². The quantitative estimate of drug-likeness (QED) is 0.519. The lowest BCUT2D eigenvalue weighted by molar-refractivity contribution is 1.26. The molecule has 0 fully saturated rings. The van der Waals surface area contributed by atoms with Gasteiger partial charge in [0.05, 0.1) is 6.21 Å². The highest BCUT2D eigenvalue weighted by Crippen LogP contribution is 1.93. The third kappa shape index (κ3) is 0.804. The van der Waals surface area contributed by atoms with E-state index in [1.54, 1.807) is 0 Å². The van der Waals surface area contributed by atoms with E-state index in [0.717, 1.165) is 12.3 Å². The summed E-state index contributed by atoms with van der Waals surface area (Å²) < 4.78 is 0. The van der Waals surface area contributed by atoms with Crippen LogP contribution < -0.4 is 0 Å². The Bertz CT molecular complexity index is 167. The van der Waals surface area contributed by atoms with Crippen LogP contribution in [0.25, 0.3) is 0 Å². The van der Waals surface area contributed by atoms with Crippen LogP contribution in [-0.4, -0.2) is 17.9 Å². The van der Waals surface area contributed by atoms with Crippen LogP contribution in [0.5, 0.6) is 0 Å². The fraction of sp³-hybridized carbons (Fsp3) is 0.400. The van der Waals surface area contributed by atoms with Crippen LogP contribution >= 0.6 is 0 Å². The molecule has 8 heavy (non-hydrogen) atoms. The van der Waals surface area contributed by atoms with Crippen LogP contribution in [0.3, 0.4) is 0 Å². The number of hydrogen-bond acceptors (Lipinski definition) is 2. The molecule has 0 spiro atoms. The fourth-order valence-corrected chi connectivity index (χ4v) is 0.503. The average Bonchev–Trinajstić information content (AvgIpc) is 2.14. The van der Waals surface area contributed by atoms with E-state index in [0.29, 0.717) is 0 Å². The zero-order valence-corrected chi connectivity index (χ0v) is 4.68. The predicted molar refractivity (Wildman–Crippen MR) is 33.9 cm³/mol. The van der Waals surface area contributed by atoms with E-state index in [1.807, 2.05) is 6.92 Å². The molecule has 0 aromatic rings. The minimum Gasteiger partial charge on any atom is -0.282 e. The number of rotatable bonds is 1. The number of aliphatic imine (C=N–C) groups is 2. The molecule has 1 aliphatic heterocycles. The first kappa shape index (κ1) is 5.15. The van der Waals surface area contributed by atoms with Crippen molar-refractivity contribution in [1.29, 1.82) is 5.41 Å². The molecule has 0 aromatic heterocycles. The Balaban J connectivity index is 2.72. The second-order valence-electron chi connectivity index (χ2n) is 1.53. The maximum Gasteiger partial charge on any atom is 0.165 e. The van der Waals surface area contributed by atoms with E-state index in [-0.39, 0.29) is 5.84 Å². The van der Waals surface area contributed by atoms with Gasteiger partial charge in [-0.1, -0.05) is 6.92 Å². The molecule has 0 saturated heterocycles. The minimum atomic E-state index is 0.266. The van der Waals surface area contributed by atoms with Crippen molar-refractivity contribution in [2.24, 2.45) is 9.98 Å². The topological polar surface area (TPSA) is 48.6 Å². The lowest BCUT2D eigenvalue weighted by atomic mass is 10.5. The van der Waals surface area contributed by atoms with Crippen molar-refractivity contribution >= 4 is 17.9 Å². The van der Waals surface area contributed by atoms with Gasteiger partial charge >= 0.3 is 0 Å². The van der Waals surface area contributed by atoms with Crippen LogP contribution in [0.4, 0.5) is 0 Å². The van der Waals surface area contributed by atoms with E-state index in [1.165, 1.54) is 6.21 Å². The lowest BCUT2D eigenvalue weighted by Crippen LogP contribution is -1.86. The zero-order valence-electron chi connectivity index (χ0n) is 4.68. The predicted octanol–water partition coefficient (Wildman–Crippen LogP) is 0.857. The third-order valence-electron chi connectivity index (χ3n) is 0.902. The molecule has 0 radical (unpaired) electrons. The van der Waals surface area contributed by atoms with E-state index >= 15 is 0 Å². The highest BCUT2D eigenvalue weighted by atomic mass is 15.0. The fourth-order valence-electron chi connectivity index (χ4n) is 0.503. The molecule has 0 aromatic carbocycles. The second-order valence-corrected chi connectivity index (χ2v) is 1.53. The van der Waals surface area contributed by atoms with Crippen molar-refractivity contribution in [2.75, 3.05) is 0 Å². The molecule has 0 atom stereocenters. The Kier molecular flexibility index (Phi) is 1.20. The summed E-state index contributed by atoms with van der Waals surface area (Å²) in [4.78, 5) is 7.62. The molecule has 42 valence electrons. The molecule has 1 N–H and O–H groups in total. The molecule has 3 heteroatoms. The molecule has 3 nitrogen and oxygen atoms in total. The zero-order chi connectivity index (χ0) is 5.98. The highest BCUT2D eigenvalue weighted by Gasteiger charge is 2.00. The van der Waals surface area contributed by atoms with Crippen molar-refractivity contribution in [3.05, 3.63) is 0 Å². The number of nitrogens with one attached hydrogen (secondary N) is 1. The summed E-state index contributed by atoms with van der Waals surface area (Å²) in [6.07, 6.45) is 2.28. The normalized spacial score (nSPS) is 17.1. The maximum absolute atomic E-state index is 6.95. The van der Waals surface area contributed by atoms with Crippen LogP contribution in [-0.2, 0) is 0 Å². The average molecular weight is 109 g/mol. The van der Waals surface area contributed by atoms with E-state index in [9.17, 15) is 0 Å². The van der Waals surface area contributed by atoms with Gasteiger partial charge in [-0.15, -0.1) is 0 Å². The van der Waals surface area contributed by atoms with Gasteiger partial charge in [0, 0.05) is 6.42 Å². The van der Waals surface area contributed by atoms with E-state index < -0.39 is 0 Å². The molecule has 0 bridgehead atoms. The van der Waals surface area contributed by atoms with Gasteiger partial charge in [-0.3, -0.25) is 5.41 Å². The molecular formula is C5H7N3. The second kappa shape index (κ2) is 1.86. The molecule has 0 amide bonds. The van der Waals surface area contributed by atoms with Gasteiger partial charge in [-0.25, -0.2) is 9.98 Å². The summed E-state index contributed by atoms with van der Waals surface area (Å²) >= 11 is 0. The van der Waals surface area contributed by atoms with Gasteiger partial charge in [0.1, 0.15) is 5.84 Å². The molecule has 0 aliphatic carbocycles. The highest BCUT2D eigenvalue weighted by molar-refractivity contribution is 6.36. The summed E-state index contributed by atoms with van der Waals surface area (Å²) in [7, 11) is 0. The Hall–Kier alpha value is -0.990. The van der Waals surface area contributed by atoms with Gasteiger partial charge in [0.2, 0.25) is 0 Å². The lowest BCUT2D eigenvalue weighted by Gasteiger charge is -1.81. The first-order valence-electron chi connectivity index (χ1n) is 2.53. The van der Waals surface area contributed by atoms with Crippen LogP contribution in [0, 0.1) is 5.41 Å². The summed E-state index contributed by atoms with van der Waals surface area (Å²) in [5, 5.41) is 6.95. The van der Waals surface area contributed by atoms with Gasteiger partial charge in [-0.05, 0) is 0 Å². The third-order valence-corrected chi connectivity index (χ3v) is 0.902. The molecule has 1 rings (SSSR count). The van der Waals surface area contributed by atoms with Crippen molar-refractivity contribution in [3.8, 4) is 0 Å². The monoisotopic (exact) mass is 109 g/mol. The largest absolute Gasteiger partial charge is 0.282 e. The molecule has 1 aliphatic rings. The van der Waals surface area contributed by atoms with E-state index in [4.69, 9.17) is 5.41 Å². The Morgan fingerprint density at radius 3 is 2.75 bits per heavy atom. The van der Waals surface area contributed by atoms with Gasteiger partial charge in [-0.2, -0.15) is 0 Å². The molecule has 1 heterocycles. The molecule has 0 unspecified atom stereocenters. The first-order chi connectivity index (χ1) is 3.83. The van der Waals surface area contributed by atoms with Gasteiger partial charge in [0.25, 0.3) is 0 Å². The SMILES string of the molecule is CCC1=NC(=N)C=N1. The van der Waals surface area contributed by atoms with Crippen molar-refractivity contribution in [2.45, 2.75) is 13.3 Å². The van der Waals surface area contributed by atoms with Gasteiger partial charge in [0.15, 0.2) is 5.84 Å². The summed E-state index contributed by atoms with van der Waals surface area (Å²) in [6.45, 7) is 1.97. The number of hydrogen-bond donors (Lipinski definition) is 1. The summed E-state index contributed by atoms with van der Waals surface area (Å²) in [6, 6.07) is 0. The first-order valence-corrected chi connectivity index (χ1v) is 2.53.